The van der Waals surface area contributed by atoms with E-state index in [0.717, 1.165) is 30.5 Å². The summed E-state index contributed by atoms with van der Waals surface area (Å²) in [4.78, 5) is 12.3. The lowest BCUT2D eigenvalue weighted by atomic mass is 9.78. The zero-order valence-electron chi connectivity index (χ0n) is 11.3. The van der Waals surface area contributed by atoms with Crippen molar-refractivity contribution >= 4 is 23.2 Å². The van der Waals surface area contributed by atoms with Crippen LogP contribution in [-0.4, -0.2) is 12.5 Å². The third-order valence-corrected chi connectivity index (χ3v) is 4.40. The highest BCUT2D eigenvalue weighted by Gasteiger charge is 2.29. The minimum Gasteiger partial charge on any atom is -0.330 e. The lowest BCUT2D eigenvalue weighted by Gasteiger charge is -2.29. The number of carbonyl (C=O) groups is 1. The Morgan fingerprint density at radius 1 is 1.42 bits per heavy atom. The lowest BCUT2D eigenvalue weighted by Crippen LogP contribution is -2.35. The van der Waals surface area contributed by atoms with Gasteiger partial charge in [0, 0.05) is 16.6 Å². The molecule has 2 unspecified atom stereocenters. The molecule has 0 spiro atoms. The molecule has 1 amide bonds. The van der Waals surface area contributed by atoms with Crippen LogP contribution in [0.3, 0.4) is 0 Å². The molecule has 1 aliphatic rings. The molecule has 1 aromatic carbocycles. The van der Waals surface area contributed by atoms with Gasteiger partial charge in [-0.1, -0.05) is 30.5 Å². The Morgan fingerprint density at radius 3 is 2.84 bits per heavy atom. The van der Waals surface area contributed by atoms with E-state index >= 15 is 0 Å². The molecular weight excluding hydrogens is 260 g/mol. The summed E-state index contributed by atoms with van der Waals surface area (Å²) in [7, 11) is 0. The summed E-state index contributed by atoms with van der Waals surface area (Å²) in [6.45, 7) is 2.53. The fraction of sp³-hybridized carbons (Fsp3) is 0.533. The van der Waals surface area contributed by atoms with Crippen LogP contribution in [0.4, 0.5) is 5.69 Å². The van der Waals surface area contributed by atoms with Crippen LogP contribution in [0.5, 0.6) is 0 Å². The highest BCUT2D eigenvalue weighted by molar-refractivity contribution is 6.31. The van der Waals surface area contributed by atoms with Gasteiger partial charge in [0.05, 0.1) is 0 Å². The van der Waals surface area contributed by atoms with E-state index in [4.69, 9.17) is 17.3 Å². The second kappa shape index (κ2) is 6.40. The number of amides is 1. The molecule has 0 aliphatic heterocycles. The van der Waals surface area contributed by atoms with Crippen LogP contribution < -0.4 is 11.1 Å². The standard InChI is InChI=1S/C15H21ClN2O/c1-10-6-7-12(8-14(10)16)18-15(19)13-5-3-2-4-11(13)9-17/h6-8,11,13H,2-5,9,17H2,1H3,(H,18,19). The Morgan fingerprint density at radius 2 is 2.16 bits per heavy atom. The lowest BCUT2D eigenvalue weighted by molar-refractivity contribution is -0.122. The Kier molecular flexibility index (Phi) is 4.83. The number of carbonyl (C=O) groups excluding carboxylic acids is 1. The van der Waals surface area contributed by atoms with Gasteiger partial charge in [-0.3, -0.25) is 4.79 Å². The van der Waals surface area contributed by atoms with Crippen molar-refractivity contribution in [2.75, 3.05) is 11.9 Å². The minimum atomic E-state index is 0.0406. The van der Waals surface area contributed by atoms with Gasteiger partial charge < -0.3 is 11.1 Å². The van der Waals surface area contributed by atoms with E-state index in [-0.39, 0.29) is 11.8 Å². The minimum absolute atomic E-state index is 0.0406. The Labute approximate surface area is 119 Å². The van der Waals surface area contributed by atoms with Gasteiger partial charge >= 0.3 is 0 Å². The Hall–Kier alpha value is -1.06. The van der Waals surface area contributed by atoms with Gasteiger partial charge in [-0.15, -0.1) is 0 Å². The zero-order valence-corrected chi connectivity index (χ0v) is 12.0. The van der Waals surface area contributed by atoms with Gasteiger partial charge in [-0.2, -0.15) is 0 Å². The maximum absolute atomic E-state index is 12.3. The predicted octanol–water partition coefficient (Wildman–Crippen LogP) is 3.35. The smallest absolute Gasteiger partial charge is 0.227 e. The van der Waals surface area contributed by atoms with E-state index < -0.39 is 0 Å². The van der Waals surface area contributed by atoms with E-state index in [9.17, 15) is 4.79 Å². The number of halogens is 1. The number of anilines is 1. The van der Waals surface area contributed by atoms with Crippen LogP contribution >= 0.6 is 11.6 Å². The molecule has 104 valence electrons. The molecule has 3 N–H and O–H groups in total. The van der Waals surface area contributed by atoms with Crippen LogP contribution in [0.25, 0.3) is 0 Å². The first-order valence-electron chi connectivity index (χ1n) is 6.89. The highest BCUT2D eigenvalue weighted by Crippen LogP contribution is 2.30. The first-order valence-corrected chi connectivity index (χ1v) is 7.26. The maximum atomic E-state index is 12.3. The molecule has 3 nitrogen and oxygen atoms in total. The number of nitrogens with one attached hydrogen (secondary N) is 1. The molecule has 1 fully saturated rings. The molecule has 1 aliphatic carbocycles. The van der Waals surface area contributed by atoms with Gasteiger partial charge in [-0.05, 0) is 49.9 Å². The summed E-state index contributed by atoms with van der Waals surface area (Å²) >= 11 is 6.07. The molecule has 0 radical (unpaired) electrons. The third-order valence-electron chi connectivity index (χ3n) is 3.99. The SMILES string of the molecule is Cc1ccc(NC(=O)C2CCCCC2CN)cc1Cl. The summed E-state index contributed by atoms with van der Waals surface area (Å²) in [5.41, 5.74) is 7.54. The van der Waals surface area contributed by atoms with Crippen LogP contribution in [0.1, 0.15) is 31.2 Å². The first kappa shape index (κ1) is 14.4. The number of aryl methyl sites for hydroxylation is 1. The molecule has 1 aromatic rings. The van der Waals surface area contributed by atoms with Crippen LogP contribution in [-0.2, 0) is 4.79 Å². The van der Waals surface area contributed by atoms with Crippen LogP contribution in [0.15, 0.2) is 18.2 Å². The van der Waals surface area contributed by atoms with Gasteiger partial charge in [0.2, 0.25) is 5.91 Å². The number of hydrogen-bond donors (Lipinski definition) is 2. The monoisotopic (exact) mass is 280 g/mol. The fourth-order valence-corrected chi connectivity index (χ4v) is 2.92. The molecule has 2 rings (SSSR count). The average Bonchev–Trinajstić information content (AvgIpc) is 2.43. The molecule has 4 heteroatoms. The quantitative estimate of drug-likeness (QED) is 0.892. The van der Waals surface area contributed by atoms with Crippen molar-refractivity contribution in [1.82, 2.24) is 0 Å². The van der Waals surface area contributed by atoms with E-state index in [1.807, 2.05) is 19.1 Å². The van der Waals surface area contributed by atoms with Crippen molar-refractivity contribution in [3.05, 3.63) is 28.8 Å². The van der Waals surface area contributed by atoms with E-state index in [0.29, 0.717) is 17.5 Å². The molecule has 0 aromatic heterocycles. The maximum Gasteiger partial charge on any atom is 0.227 e. The van der Waals surface area contributed by atoms with Gasteiger partial charge in [0.1, 0.15) is 0 Å². The van der Waals surface area contributed by atoms with Gasteiger partial charge in [0.25, 0.3) is 0 Å². The predicted molar refractivity (Wildman–Crippen MR) is 79.3 cm³/mol. The molecule has 19 heavy (non-hydrogen) atoms. The summed E-state index contributed by atoms with van der Waals surface area (Å²) in [5.74, 6) is 0.434. The van der Waals surface area contributed by atoms with E-state index in [2.05, 4.69) is 5.32 Å². The number of benzene rings is 1. The van der Waals surface area contributed by atoms with Crippen molar-refractivity contribution in [2.45, 2.75) is 32.6 Å². The normalized spacial score (nSPS) is 23.1. The second-order valence-corrected chi connectivity index (χ2v) is 5.75. The number of nitrogens with two attached hydrogens (primary N) is 1. The summed E-state index contributed by atoms with van der Waals surface area (Å²) < 4.78 is 0. The number of hydrogen-bond acceptors (Lipinski definition) is 2. The molecular formula is C15H21ClN2O. The molecule has 0 bridgehead atoms. The largest absolute Gasteiger partial charge is 0.330 e. The Balaban J connectivity index is 2.05. The summed E-state index contributed by atoms with van der Waals surface area (Å²) in [5, 5.41) is 3.64. The highest BCUT2D eigenvalue weighted by atomic mass is 35.5. The molecule has 0 heterocycles. The Bertz CT molecular complexity index is 461. The zero-order chi connectivity index (χ0) is 13.8. The van der Waals surface area contributed by atoms with Crippen LogP contribution in [0.2, 0.25) is 5.02 Å². The fourth-order valence-electron chi connectivity index (χ4n) is 2.74. The molecule has 2 atom stereocenters. The van der Waals surface area contributed by atoms with Gasteiger partial charge in [0.15, 0.2) is 0 Å². The van der Waals surface area contributed by atoms with Crippen molar-refractivity contribution in [1.29, 1.82) is 0 Å². The van der Waals surface area contributed by atoms with Crippen molar-refractivity contribution < 1.29 is 4.79 Å². The first-order chi connectivity index (χ1) is 9.11. The van der Waals surface area contributed by atoms with Crippen LogP contribution in [0, 0.1) is 18.8 Å². The van der Waals surface area contributed by atoms with Crippen molar-refractivity contribution in [3.8, 4) is 0 Å². The average molecular weight is 281 g/mol. The van der Waals surface area contributed by atoms with Gasteiger partial charge in [-0.25, -0.2) is 0 Å². The summed E-state index contributed by atoms with van der Waals surface area (Å²) in [6, 6.07) is 5.60. The molecule has 1 saturated carbocycles. The van der Waals surface area contributed by atoms with Crippen molar-refractivity contribution in [2.24, 2.45) is 17.6 Å². The van der Waals surface area contributed by atoms with Crippen molar-refractivity contribution in [3.63, 3.8) is 0 Å². The third kappa shape index (κ3) is 3.48. The topological polar surface area (TPSA) is 55.1 Å². The van der Waals surface area contributed by atoms with E-state index in [1.165, 1.54) is 6.42 Å². The second-order valence-electron chi connectivity index (χ2n) is 5.34. The molecule has 0 saturated heterocycles. The van der Waals surface area contributed by atoms with E-state index in [1.54, 1.807) is 6.07 Å². The summed E-state index contributed by atoms with van der Waals surface area (Å²) in [6.07, 6.45) is 4.29. The number of rotatable bonds is 3.